The Hall–Kier alpha value is -1.76. The molecule has 0 aliphatic rings. The first kappa shape index (κ1) is 14.3. The maximum absolute atomic E-state index is 11.7. The van der Waals surface area contributed by atoms with Crippen LogP contribution in [0.3, 0.4) is 0 Å². The van der Waals surface area contributed by atoms with Crippen LogP contribution in [0, 0.1) is 0 Å². The number of hydrogen-bond donors (Lipinski definition) is 3. The van der Waals surface area contributed by atoms with Gasteiger partial charge >= 0.3 is 5.69 Å². The zero-order valence-electron chi connectivity index (χ0n) is 10.9. The summed E-state index contributed by atoms with van der Waals surface area (Å²) < 4.78 is 6.19. The van der Waals surface area contributed by atoms with E-state index < -0.39 is 11.2 Å². The third kappa shape index (κ3) is 3.13. The molecular formula is C11H20N4O3. The monoisotopic (exact) mass is 256 g/mol. The smallest absolute Gasteiger partial charge is 0.330 e. The van der Waals surface area contributed by atoms with Crippen LogP contribution < -0.4 is 22.3 Å². The van der Waals surface area contributed by atoms with Crippen molar-refractivity contribution >= 4 is 11.5 Å². The molecule has 7 heteroatoms. The molecule has 102 valence electrons. The third-order valence-corrected chi connectivity index (χ3v) is 2.76. The molecule has 18 heavy (non-hydrogen) atoms. The second-order valence-corrected chi connectivity index (χ2v) is 4.12. The second-order valence-electron chi connectivity index (χ2n) is 4.12. The Morgan fingerprint density at radius 2 is 2.17 bits per heavy atom. The summed E-state index contributed by atoms with van der Waals surface area (Å²) in [4.78, 5) is 25.6. The number of methoxy groups -OCH3 is 1. The molecule has 1 aromatic heterocycles. The molecule has 1 aromatic rings. The van der Waals surface area contributed by atoms with Gasteiger partial charge in [0.25, 0.3) is 5.56 Å². The van der Waals surface area contributed by atoms with Gasteiger partial charge in [-0.3, -0.25) is 14.3 Å². The molecule has 0 amide bonds. The number of nitrogens with two attached hydrogens (primary N) is 1. The van der Waals surface area contributed by atoms with Crippen LogP contribution in [0.25, 0.3) is 0 Å². The quantitative estimate of drug-likeness (QED) is 0.663. The Labute approximate surface area is 105 Å². The second kappa shape index (κ2) is 6.25. The maximum atomic E-state index is 11.7. The fraction of sp³-hybridized carbons (Fsp3) is 0.636. The maximum Gasteiger partial charge on any atom is 0.330 e. The molecule has 7 nitrogen and oxygen atoms in total. The molecule has 4 N–H and O–H groups in total. The van der Waals surface area contributed by atoms with E-state index in [1.54, 1.807) is 0 Å². The van der Waals surface area contributed by atoms with Crippen molar-refractivity contribution in [2.75, 3.05) is 24.8 Å². The highest BCUT2D eigenvalue weighted by Crippen LogP contribution is 2.12. The van der Waals surface area contributed by atoms with Gasteiger partial charge in [-0.05, 0) is 13.3 Å². The zero-order chi connectivity index (χ0) is 13.7. The van der Waals surface area contributed by atoms with Crippen LogP contribution in [-0.2, 0) is 11.3 Å². The van der Waals surface area contributed by atoms with Gasteiger partial charge in [0.05, 0.1) is 13.2 Å². The molecule has 0 saturated carbocycles. The number of rotatable bonds is 6. The summed E-state index contributed by atoms with van der Waals surface area (Å²) >= 11 is 0. The van der Waals surface area contributed by atoms with Crippen LogP contribution in [0.15, 0.2) is 9.59 Å². The Bertz CT molecular complexity index is 506. The van der Waals surface area contributed by atoms with E-state index in [0.717, 1.165) is 6.42 Å². The molecule has 0 fully saturated rings. The lowest BCUT2D eigenvalue weighted by molar-refractivity contribution is 0.186. The number of nitrogen functional groups attached to an aromatic ring is 1. The van der Waals surface area contributed by atoms with E-state index in [4.69, 9.17) is 10.5 Å². The van der Waals surface area contributed by atoms with E-state index >= 15 is 0 Å². The van der Waals surface area contributed by atoms with Gasteiger partial charge in [-0.1, -0.05) is 6.92 Å². The van der Waals surface area contributed by atoms with E-state index in [-0.39, 0.29) is 17.5 Å². The van der Waals surface area contributed by atoms with Crippen molar-refractivity contribution in [3.8, 4) is 0 Å². The fourth-order valence-electron chi connectivity index (χ4n) is 1.48. The first-order valence-corrected chi connectivity index (χ1v) is 5.89. The first-order valence-electron chi connectivity index (χ1n) is 5.89. The predicted molar refractivity (Wildman–Crippen MR) is 71.0 cm³/mol. The molecule has 1 atom stereocenters. The van der Waals surface area contributed by atoms with Gasteiger partial charge in [-0.2, -0.15) is 0 Å². The molecule has 1 heterocycles. The summed E-state index contributed by atoms with van der Waals surface area (Å²) in [6.45, 7) is 4.57. The van der Waals surface area contributed by atoms with Crippen LogP contribution in [-0.4, -0.2) is 29.3 Å². The molecule has 0 aliphatic carbocycles. The van der Waals surface area contributed by atoms with E-state index in [9.17, 15) is 9.59 Å². The lowest BCUT2D eigenvalue weighted by Crippen LogP contribution is -2.36. The topological polar surface area (TPSA) is 102 Å². The normalized spacial score (nSPS) is 12.4. The molecule has 0 aromatic carbocycles. The minimum atomic E-state index is -0.524. The SMILES string of the molecule is CCC(C)Nc1c(N)n(CCOC)c(=O)[nH]c1=O. The van der Waals surface area contributed by atoms with Crippen LogP contribution in [0.2, 0.25) is 0 Å². The highest BCUT2D eigenvalue weighted by Gasteiger charge is 2.13. The van der Waals surface area contributed by atoms with Gasteiger partial charge < -0.3 is 15.8 Å². The number of hydrogen-bond acceptors (Lipinski definition) is 5. The Morgan fingerprint density at radius 1 is 1.50 bits per heavy atom. The van der Waals surface area contributed by atoms with Crippen LogP contribution >= 0.6 is 0 Å². The standard InChI is InChI=1S/C11H20N4O3/c1-4-7(2)13-8-9(12)15(5-6-18-3)11(17)14-10(8)16/h7,13H,4-6,12H2,1-3H3,(H,14,16,17). The average Bonchev–Trinajstić information content (AvgIpc) is 2.33. The summed E-state index contributed by atoms with van der Waals surface area (Å²) in [6.07, 6.45) is 0.843. The van der Waals surface area contributed by atoms with E-state index in [1.165, 1.54) is 11.7 Å². The summed E-state index contributed by atoms with van der Waals surface area (Å²) in [6, 6.07) is 0.0989. The lowest BCUT2D eigenvalue weighted by Gasteiger charge is -2.16. The number of ether oxygens (including phenoxy) is 1. The largest absolute Gasteiger partial charge is 0.383 e. The molecule has 0 radical (unpaired) electrons. The van der Waals surface area contributed by atoms with E-state index in [0.29, 0.717) is 13.2 Å². The van der Waals surface area contributed by atoms with Crippen LogP contribution in [0.1, 0.15) is 20.3 Å². The molecule has 0 spiro atoms. The highest BCUT2D eigenvalue weighted by molar-refractivity contribution is 5.60. The van der Waals surface area contributed by atoms with Crippen molar-refractivity contribution in [1.29, 1.82) is 0 Å². The molecule has 0 saturated heterocycles. The zero-order valence-corrected chi connectivity index (χ0v) is 10.9. The number of aromatic amines is 1. The first-order chi connectivity index (χ1) is 8.51. The molecule has 1 rings (SSSR count). The minimum Gasteiger partial charge on any atom is -0.383 e. The minimum absolute atomic E-state index is 0.0989. The van der Waals surface area contributed by atoms with Gasteiger partial charge in [0, 0.05) is 13.2 Å². The van der Waals surface area contributed by atoms with Crippen LogP contribution in [0.5, 0.6) is 0 Å². The van der Waals surface area contributed by atoms with Gasteiger partial charge in [-0.15, -0.1) is 0 Å². The summed E-state index contributed by atoms with van der Waals surface area (Å²) in [5.41, 5.74) is 5.07. The Morgan fingerprint density at radius 3 is 2.72 bits per heavy atom. The lowest BCUT2D eigenvalue weighted by atomic mass is 10.2. The highest BCUT2D eigenvalue weighted by atomic mass is 16.5. The fourth-order valence-corrected chi connectivity index (χ4v) is 1.48. The summed E-state index contributed by atoms with van der Waals surface area (Å²) in [7, 11) is 1.53. The Kier molecular flexibility index (Phi) is 4.96. The number of H-pyrrole nitrogens is 1. The number of nitrogens with one attached hydrogen (secondary N) is 2. The van der Waals surface area contributed by atoms with E-state index in [2.05, 4.69) is 10.3 Å². The van der Waals surface area contributed by atoms with Gasteiger partial charge in [0.1, 0.15) is 11.5 Å². The van der Waals surface area contributed by atoms with Crippen molar-refractivity contribution in [3.63, 3.8) is 0 Å². The van der Waals surface area contributed by atoms with Crippen molar-refractivity contribution in [2.45, 2.75) is 32.9 Å². The number of anilines is 2. The van der Waals surface area contributed by atoms with Crippen molar-refractivity contribution < 1.29 is 4.74 Å². The molecule has 0 aliphatic heterocycles. The number of nitrogens with zero attached hydrogens (tertiary/aromatic N) is 1. The summed E-state index contributed by atoms with van der Waals surface area (Å²) in [5.74, 6) is 0.140. The molecule has 0 bridgehead atoms. The average molecular weight is 256 g/mol. The molecule has 1 unspecified atom stereocenters. The summed E-state index contributed by atoms with van der Waals surface area (Å²) in [5, 5.41) is 3.00. The van der Waals surface area contributed by atoms with Gasteiger partial charge in [-0.25, -0.2) is 4.79 Å². The van der Waals surface area contributed by atoms with Gasteiger partial charge in [0.15, 0.2) is 0 Å². The van der Waals surface area contributed by atoms with Gasteiger partial charge in [0.2, 0.25) is 0 Å². The molecular weight excluding hydrogens is 236 g/mol. The van der Waals surface area contributed by atoms with Crippen LogP contribution in [0.4, 0.5) is 11.5 Å². The Balaban J connectivity index is 3.18. The third-order valence-electron chi connectivity index (χ3n) is 2.76. The van der Waals surface area contributed by atoms with Crippen molar-refractivity contribution in [2.24, 2.45) is 0 Å². The van der Waals surface area contributed by atoms with Crippen molar-refractivity contribution in [1.82, 2.24) is 9.55 Å². The van der Waals surface area contributed by atoms with Crippen molar-refractivity contribution in [3.05, 3.63) is 20.8 Å². The number of aromatic nitrogens is 2. The predicted octanol–water partition coefficient (Wildman–Crippen LogP) is -0.0244. The van der Waals surface area contributed by atoms with E-state index in [1.807, 2.05) is 13.8 Å².